The van der Waals surface area contributed by atoms with Crippen molar-refractivity contribution >= 4 is 55.6 Å². The molecule has 2 nitrogen and oxygen atoms in total. The van der Waals surface area contributed by atoms with Gasteiger partial charge >= 0.3 is 0 Å². The predicted molar refractivity (Wildman–Crippen MR) is 84.1 cm³/mol. The molecule has 2 aromatic carbocycles. The molecule has 1 heterocycles. The van der Waals surface area contributed by atoms with Crippen LogP contribution in [-0.2, 0) is 0 Å². The van der Waals surface area contributed by atoms with Gasteiger partial charge in [0, 0.05) is 17.8 Å². The van der Waals surface area contributed by atoms with Crippen molar-refractivity contribution < 1.29 is 0 Å². The molecule has 0 aliphatic heterocycles. The number of nitrogens with zero attached hydrogens (tertiary/aromatic N) is 2. The van der Waals surface area contributed by atoms with Crippen LogP contribution in [0.25, 0.3) is 10.2 Å². The van der Waals surface area contributed by atoms with Crippen molar-refractivity contribution in [3.63, 3.8) is 0 Å². The van der Waals surface area contributed by atoms with Crippen LogP contribution in [0.1, 0.15) is 0 Å². The maximum absolute atomic E-state index is 6.17. The molecule has 0 bridgehead atoms. The van der Waals surface area contributed by atoms with Gasteiger partial charge in [-0.3, -0.25) is 0 Å². The summed E-state index contributed by atoms with van der Waals surface area (Å²) in [5.74, 6) is 0. The molecule has 0 N–H and O–H groups in total. The lowest BCUT2D eigenvalue weighted by Crippen LogP contribution is -2.08. The second-order valence-electron chi connectivity index (χ2n) is 4.13. The number of fused-ring (bicyclic) bond motifs is 1. The zero-order valence-corrected chi connectivity index (χ0v) is 12.4. The summed E-state index contributed by atoms with van der Waals surface area (Å²) in [6.07, 6.45) is 0. The maximum atomic E-state index is 6.17. The molecule has 96 valence electrons. The number of anilines is 2. The summed E-state index contributed by atoms with van der Waals surface area (Å²) in [5.41, 5.74) is 1.89. The molecule has 0 fully saturated rings. The number of benzene rings is 2. The average Bonchev–Trinajstić information content (AvgIpc) is 2.83. The van der Waals surface area contributed by atoms with Gasteiger partial charge in [-0.15, -0.1) is 0 Å². The fourth-order valence-electron chi connectivity index (χ4n) is 1.85. The molecule has 19 heavy (non-hydrogen) atoms. The number of para-hydroxylation sites is 1. The van der Waals surface area contributed by atoms with E-state index in [9.17, 15) is 0 Å². The van der Waals surface area contributed by atoms with Gasteiger partial charge in [-0.2, -0.15) is 0 Å². The van der Waals surface area contributed by atoms with Gasteiger partial charge in [-0.25, -0.2) is 4.98 Å². The van der Waals surface area contributed by atoms with Crippen LogP contribution in [0, 0.1) is 0 Å². The second-order valence-corrected chi connectivity index (χ2v) is 5.98. The van der Waals surface area contributed by atoms with Gasteiger partial charge in [0.05, 0.1) is 9.72 Å². The minimum absolute atomic E-state index is 0.589. The lowest BCUT2D eigenvalue weighted by atomic mass is 10.3. The molecule has 0 amide bonds. The molecule has 0 saturated carbocycles. The fourth-order valence-corrected chi connectivity index (χ4v) is 3.52. The van der Waals surface area contributed by atoms with Gasteiger partial charge in [0.2, 0.25) is 0 Å². The fraction of sp³-hybridized carbons (Fsp3) is 0.0714. The van der Waals surface area contributed by atoms with Crippen LogP contribution in [0.5, 0.6) is 0 Å². The van der Waals surface area contributed by atoms with Gasteiger partial charge in [0.15, 0.2) is 5.13 Å². The Bertz CT molecular complexity index is 725. The molecule has 1 aromatic heterocycles. The van der Waals surface area contributed by atoms with Crippen molar-refractivity contribution in [1.29, 1.82) is 0 Å². The van der Waals surface area contributed by atoms with Crippen molar-refractivity contribution in [3.8, 4) is 0 Å². The largest absolute Gasteiger partial charge is 0.321 e. The lowest BCUT2D eigenvalue weighted by Gasteiger charge is -2.15. The molecule has 0 saturated heterocycles. The third kappa shape index (κ3) is 2.41. The number of thiazole rings is 1. The van der Waals surface area contributed by atoms with Gasteiger partial charge in [0.25, 0.3) is 0 Å². The van der Waals surface area contributed by atoms with Gasteiger partial charge in [0.1, 0.15) is 5.52 Å². The monoisotopic (exact) mass is 308 g/mol. The average molecular weight is 309 g/mol. The van der Waals surface area contributed by atoms with Crippen LogP contribution in [0.2, 0.25) is 10.0 Å². The van der Waals surface area contributed by atoms with E-state index in [2.05, 4.69) is 4.98 Å². The van der Waals surface area contributed by atoms with Crippen LogP contribution < -0.4 is 4.90 Å². The Morgan fingerprint density at radius 1 is 1.11 bits per heavy atom. The molecule has 5 heteroatoms. The second kappa shape index (κ2) is 5.00. The molecular formula is C14H10Cl2N2S. The molecule has 3 rings (SSSR count). The highest BCUT2D eigenvalue weighted by atomic mass is 35.5. The normalized spacial score (nSPS) is 10.9. The van der Waals surface area contributed by atoms with E-state index in [-0.39, 0.29) is 0 Å². The number of hydrogen-bond donors (Lipinski definition) is 0. The van der Waals surface area contributed by atoms with E-state index in [1.165, 1.54) is 0 Å². The zero-order chi connectivity index (χ0) is 13.4. The SMILES string of the molecule is CN(c1ccccc1)c1nc2c(Cl)cc(Cl)cc2s1. The molecule has 0 aliphatic rings. The minimum Gasteiger partial charge on any atom is -0.321 e. The first kappa shape index (κ1) is 12.7. The Morgan fingerprint density at radius 2 is 1.84 bits per heavy atom. The molecule has 0 radical (unpaired) electrons. The number of aromatic nitrogens is 1. The standard InChI is InChI=1S/C14H10Cl2N2S/c1-18(10-5-3-2-4-6-10)14-17-13-11(16)7-9(15)8-12(13)19-14/h2-8H,1H3. The number of rotatable bonds is 2. The zero-order valence-electron chi connectivity index (χ0n) is 10.1. The molecule has 0 atom stereocenters. The summed E-state index contributed by atoms with van der Waals surface area (Å²) < 4.78 is 0.996. The molecule has 0 unspecified atom stereocenters. The van der Waals surface area contributed by atoms with E-state index in [0.717, 1.165) is 21.0 Å². The Kier molecular flexibility index (Phi) is 3.35. The van der Waals surface area contributed by atoms with Crippen LogP contribution >= 0.6 is 34.5 Å². The van der Waals surface area contributed by atoms with E-state index < -0.39 is 0 Å². The predicted octanol–water partition coefficient (Wildman–Crippen LogP) is 5.37. The Morgan fingerprint density at radius 3 is 2.58 bits per heavy atom. The molecular weight excluding hydrogens is 299 g/mol. The summed E-state index contributed by atoms with van der Waals surface area (Å²) in [7, 11) is 1.99. The number of halogens is 2. The first-order valence-electron chi connectivity index (χ1n) is 5.69. The van der Waals surface area contributed by atoms with E-state index in [1.54, 1.807) is 17.4 Å². The summed E-state index contributed by atoms with van der Waals surface area (Å²) >= 11 is 13.8. The van der Waals surface area contributed by atoms with Crippen molar-refractivity contribution in [3.05, 3.63) is 52.5 Å². The van der Waals surface area contributed by atoms with Gasteiger partial charge in [-0.05, 0) is 24.3 Å². The maximum Gasteiger partial charge on any atom is 0.190 e. The highest BCUT2D eigenvalue weighted by Gasteiger charge is 2.12. The van der Waals surface area contributed by atoms with Crippen LogP contribution in [0.3, 0.4) is 0 Å². The van der Waals surface area contributed by atoms with Gasteiger partial charge in [-0.1, -0.05) is 52.7 Å². The minimum atomic E-state index is 0.589. The topological polar surface area (TPSA) is 16.1 Å². The third-order valence-electron chi connectivity index (χ3n) is 2.83. The Balaban J connectivity index is 2.09. The van der Waals surface area contributed by atoms with E-state index in [4.69, 9.17) is 23.2 Å². The Hall–Kier alpha value is -1.29. The first-order valence-corrected chi connectivity index (χ1v) is 7.27. The van der Waals surface area contributed by atoms with Crippen LogP contribution in [0.15, 0.2) is 42.5 Å². The highest BCUT2D eigenvalue weighted by molar-refractivity contribution is 7.22. The van der Waals surface area contributed by atoms with Crippen LogP contribution in [-0.4, -0.2) is 12.0 Å². The van der Waals surface area contributed by atoms with Crippen molar-refractivity contribution in [2.45, 2.75) is 0 Å². The van der Waals surface area contributed by atoms with Crippen molar-refractivity contribution in [1.82, 2.24) is 4.98 Å². The summed E-state index contributed by atoms with van der Waals surface area (Å²) in [6.45, 7) is 0. The van der Waals surface area contributed by atoms with E-state index in [1.807, 2.05) is 48.3 Å². The number of hydrogen-bond acceptors (Lipinski definition) is 3. The first-order chi connectivity index (χ1) is 9.15. The van der Waals surface area contributed by atoms with Crippen LogP contribution in [0.4, 0.5) is 10.8 Å². The lowest BCUT2D eigenvalue weighted by molar-refractivity contribution is 1.18. The van der Waals surface area contributed by atoms with E-state index >= 15 is 0 Å². The smallest absolute Gasteiger partial charge is 0.190 e. The van der Waals surface area contributed by atoms with Crippen molar-refractivity contribution in [2.24, 2.45) is 0 Å². The summed E-state index contributed by atoms with van der Waals surface area (Å²) in [5, 5.41) is 2.12. The molecule has 0 aliphatic carbocycles. The highest BCUT2D eigenvalue weighted by Crippen LogP contribution is 2.36. The third-order valence-corrected chi connectivity index (χ3v) is 4.42. The Labute approximate surface area is 125 Å². The summed E-state index contributed by atoms with van der Waals surface area (Å²) in [4.78, 5) is 6.62. The van der Waals surface area contributed by atoms with Crippen molar-refractivity contribution in [2.75, 3.05) is 11.9 Å². The quantitative estimate of drug-likeness (QED) is 0.632. The molecule has 0 spiro atoms. The summed E-state index contributed by atoms with van der Waals surface area (Å²) in [6, 6.07) is 13.7. The van der Waals surface area contributed by atoms with Gasteiger partial charge < -0.3 is 4.90 Å². The molecule has 3 aromatic rings. The van der Waals surface area contributed by atoms with E-state index in [0.29, 0.717) is 10.0 Å².